The van der Waals surface area contributed by atoms with E-state index in [9.17, 15) is 4.79 Å². The molecule has 0 fully saturated rings. The molecule has 6 heteroatoms. The van der Waals surface area contributed by atoms with E-state index in [1.54, 1.807) is 19.4 Å². The number of methoxy groups -OCH3 is 1. The molecule has 2 N–H and O–H groups in total. The number of nitrogens with zero attached hydrogens (tertiary/aromatic N) is 2. The Morgan fingerprint density at radius 2 is 1.86 bits per heavy atom. The van der Waals surface area contributed by atoms with Crippen LogP contribution in [0.1, 0.15) is 27.2 Å². The van der Waals surface area contributed by atoms with E-state index in [0.717, 1.165) is 16.9 Å². The van der Waals surface area contributed by atoms with E-state index in [-0.39, 0.29) is 5.91 Å². The Morgan fingerprint density at radius 1 is 1.07 bits per heavy atom. The standard InChI is InChI=1S/C22H24N4O2/c1-16-7-9-17(10-8-16)15-25-22-24-14-12-19(26-22)21(27)23-13-11-18-5-3-4-6-20(18)28-2/h3-10,12,14H,11,13,15H2,1-2H3,(H,23,27)(H,24,25,26). The van der Waals surface area contributed by atoms with Crippen LogP contribution in [-0.4, -0.2) is 29.5 Å². The van der Waals surface area contributed by atoms with Gasteiger partial charge in [-0.1, -0.05) is 48.0 Å². The summed E-state index contributed by atoms with van der Waals surface area (Å²) >= 11 is 0. The summed E-state index contributed by atoms with van der Waals surface area (Å²) in [6.45, 7) is 3.14. The number of aromatic nitrogens is 2. The molecule has 0 unspecified atom stereocenters. The quantitative estimate of drug-likeness (QED) is 0.630. The monoisotopic (exact) mass is 376 g/mol. The van der Waals surface area contributed by atoms with E-state index < -0.39 is 0 Å². The van der Waals surface area contributed by atoms with Crippen molar-refractivity contribution in [2.45, 2.75) is 19.9 Å². The molecule has 3 rings (SSSR count). The van der Waals surface area contributed by atoms with E-state index in [4.69, 9.17) is 4.74 Å². The smallest absolute Gasteiger partial charge is 0.270 e. The molecule has 0 atom stereocenters. The summed E-state index contributed by atoms with van der Waals surface area (Å²) in [4.78, 5) is 20.9. The lowest BCUT2D eigenvalue weighted by molar-refractivity contribution is 0.0949. The topological polar surface area (TPSA) is 76.1 Å². The zero-order valence-corrected chi connectivity index (χ0v) is 16.1. The van der Waals surface area contributed by atoms with Gasteiger partial charge in [-0.25, -0.2) is 9.97 Å². The molecule has 1 amide bonds. The molecule has 0 aliphatic rings. The van der Waals surface area contributed by atoms with Crippen molar-refractivity contribution in [2.24, 2.45) is 0 Å². The van der Waals surface area contributed by atoms with Gasteiger partial charge in [-0.15, -0.1) is 0 Å². The molecule has 0 radical (unpaired) electrons. The van der Waals surface area contributed by atoms with Crippen molar-refractivity contribution in [3.05, 3.63) is 83.2 Å². The van der Waals surface area contributed by atoms with Gasteiger partial charge in [0.05, 0.1) is 7.11 Å². The van der Waals surface area contributed by atoms with Gasteiger partial charge in [0, 0.05) is 19.3 Å². The largest absolute Gasteiger partial charge is 0.496 e. The fourth-order valence-corrected chi connectivity index (χ4v) is 2.77. The number of rotatable bonds is 8. The molecule has 1 aromatic heterocycles. The third kappa shape index (κ3) is 5.30. The minimum Gasteiger partial charge on any atom is -0.496 e. The number of para-hydroxylation sites is 1. The van der Waals surface area contributed by atoms with E-state index >= 15 is 0 Å². The molecule has 144 valence electrons. The van der Waals surface area contributed by atoms with Crippen LogP contribution in [0.2, 0.25) is 0 Å². The molecule has 28 heavy (non-hydrogen) atoms. The highest BCUT2D eigenvalue weighted by Gasteiger charge is 2.09. The summed E-state index contributed by atoms with van der Waals surface area (Å²) in [6.07, 6.45) is 2.26. The van der Waals surface area contributed by atoms with Crippen LogP contribution in [0.25, 0.3) is 0 Å². The van der Waals surface area contributed by atoms with Crippen molar-refractivity contribution in [3.63, 3.8) is 0 Å². The van der Waals surface area contributed by atoms with Crippen LogP contribution in [-0.2, 0) is 13.0 Å². The summed E-state index contributed by atoms with van der Waals surface area (Å²) in [7, 11) is 1.64. The average molecular weight is 376 g/mol. The number of hydrogen-bond acceptors (Lipinski definition) is 5. The van der Waals surface area contributed by atoms with Crippen molar-refractivity contribution in [1.82, 2.24) is 15.3 Å². The van der Waals surface area contributed by atoms with Crippen LogP contribution in [0.4, 0.5) is 5.95 Å². The minimum absolute atomic E-state index is 0.226. The molecule has 3 aromatic rings. The number of carbonyl (C=O) groups is 1. The van der Waals surface area contributed by atoms with Gasteiger partial charge >= 0.3 is 0 Å². The Kier molecular flexibility index (Phi) is 6.57. The minimum atomic E-state index is -0.226. The SMILES string of the molecule is COc1ccccc1CCNC(=O)c1ccnc(NCc2ccc(C)cc2)n1. The number of hydrogen-bond donors (Lipinski definition) is 2. The van der Waals surface area contributed by atoms with Gasteiger partial charge in [0.25, 0.3) is 5.91 Å². The third-order valence-electron chi connectivity index (χ3n) is 4.33. The summed E-state index contributed by atoms with van der Waals surface area (Å²) in [6, 6.07) is 17.6. The van der Waals surface area contributed by atoms with Gasteiger partial charge in [-0.05, 0) is 36.6 Å². The number of ether oxygens (including phenoxy) is 1. The van der Waals surface area contributed by atoms with Crippen LogP contribution in [0, 0.1) is 6.92 Å². The average Bonchev–Trinajstić information content (AvgIpc) is 2.74. The van der Waals surface area contributed by atoms with E-state index in [2.05, 4.69) is 51.8 Å². The first-order chi connectivity index (χ1) is 13.7. The van der Waals surface area contributed by atoms with Crippen LogP contribution >= 0.6 is 0 Å². The number of benzene rings is 2. The molecule has 0 aliphatic carbocycles. The van der Waals surface area contributed by atoms with E-state index in [0.29, 0.717) is 31.2 Å². The maximum atomic E-state index is 12.4. The number of anilines is 1. The molecule has 0 aliphatic heterocycles. The van der Waals surface area contributed by atoms with Gasteiger partial charge in [-0.2, -0.15) is 0 Å². The summed E-state index contributed by atoms with van der Waals surface area (Å²) < 4.78 is 5.33. The highest BCUT2D eigenvalue weighted by Crippen LogP contribution is 2.17. The van der Waals surface area contributed by atoms with E-state index in [1.807, 2.05) is 24.3 Å². The van der Waals surface area contributed by atoms with Crippen LogP contribution < -0.4 is 15.4 Å². The molecule has 2 aromatic carbocycles. The third-order valence-corrected chi connectivity index (χ3v) is 4.33. The Hall–Kier alpha value is -3.41. The van der Waals surface area contributed by atoms with Crippen LogP contribution in [0.5, 0.6) is 5.75 Å². The highest BCUT2D eigenvalue weighted by molar-refractivity contribution is 5.92. The van der Waals surface area contributed by atoms with Crippen molar-refractivity contribution in [1.29, 1.82) is 0 Å². The van der Waals surface area contributed by atoms with Crippen LogP contribution in [0.3, 0.4) is 0 Å². The van der Waals surface area contributed by atoms with Crippen molar-refractivity contribution < 1.29 is 9.53 Å². The van der Waals surface area contributed by atoms with Crippen molar-refractivity contribution in [2.75, 3.05) is 19.0 Å². The lowest BCUT2D eigenvalue weighted by atomic mass is 10.1. The Balaban J connectivity index is 1.54. The van der Waals surface area contributed by atoms with Crippen molar-refractivity contribution in [3.8, 4) is 5.75 Å². The molecular formula is C22H24N4O2. The zero-order chi connectivity index (χ0) is 19.8. The van der Waals surface area contributed by atoms with Gasteiger partial charge < -0.3 is 15.4 Å². The van der Waals surface area contributed by atoms with Crippen molar-refractivity contribution >= 4 is 11.9 Å². The predicted octanol–water partition coefficient (Wildman–Crippen LogP) is 3.38. The Bertz CT molecular complexity index is 926. The van der Waals surface area contributed by atoms with Gasteiger partial charge in [-0.3, -0.25) is 4.79 Å². The first-order valence-corrected chi connectivity index (χ1v) is 9.18. The molecule has 6 nitrogen and oxygen atoms in total. The second kappa shape index (κ2) is 9.50. The second-order valence-electron chi connectivity index (χ2n) is 6.42. The second-order valence-corrected chi connectivity index (χ2v) is 6.42. The maximum Gasteiger partial charge on any atom is 0.270 e. The number of nitrogens with one attached hydrogen (secondary N) is 2. The first-order valence-electron chi connectivity index (χ1n) is 9.18. The first kappa shape index (κ1) is 19.4. The van der Waals surface area contributed by atoms with Gasteiger partial charge in [0.2, 0.25) is 5.95 Å². The fourth-order valence-electron chi connectivity index (χ4n) is 2.77. The Labute approximate surface area is 165 Å². The lowest BCUT2D eigenvalue weighted by Gasteiger charge is -2.09. The maximum absolute atomic E-state index is 12.4. The fraction of sp³-hybridized carbons (Fsp3) is 0.227. The highest BCUT2D eigenvalue weighted by atomic mass is 16.5. The molecule has 0 saturated heterocycles. The summed E-state index contributed by atoms with van der Waals surface area (Å²) in [5, 5.41) is 6.05. The summed E-state index contributed by atoms with van der Waals surface area (Å²) in [5.74, 6) is 1.02. The predicted molar refractivity (Wildman–Crippen MR) is 110 cm³/mol. The zero-order valence-electron chi connectivity index (χ0n) is 16.1. The summed E-state index contributed by atoms with van der Waals surface area (Å²) in [5.41, 5.74) is 3.72. The number of aryl methyl sites for hydroxylation is 1. The molecule has 1 heterocycles. The van der Waals surface area contributed by atoms with Gasteiger partial charge in [0.15, 0.2) is 0 Å². The number of carbonyl (C=O) groups excluding carboxylic acids is 1. The van der Waals surface area contributed by atoms with Crippen LogP contribution in [0.15, 0.2) is 60.8 Å². The van der Waals surface area contributed by atoms with E-state index in [1.165, 1.54) is 5.56 Å². The molecular weight excluding hydrogens is 352 g/mol. The molecule has 0 spiro atoms. The molecule has 0 bridgehead atoms. The van der Waals surface area contributed by atoms with Gasteiger partial charge in [0.1, 0.15) is 11.4 Å². The normalized spacial score (nSPS) is 10.4. The lowest BCUT2D eigenvalue weighted by Crippen LogP contribution is -2.27. The number of amides is 1. The Morgan fingerprint density at radius 3 is 2.64 bits per heavy atom. The molecule has 0 saturated carbocycles.